The van der Waals surface area contributed by atoms with Gasteiger partial charge >= 0.3 is 0 Å². The number of aryl methyl sites for hydroxylation is 1. The number of carbonyl (C=O) groups is 1. The Kier molecular flexibility index (Phi) is 4.61. The Morgan fingerprint density at radius 2 is 2.04 bits per heavy atom. The van der Waals surface area contributed by atoms with E-state index in [0.29, 0.717) is 17.9 Å². The number of amides is 1. The Morgan fingerprint density at radius 1 is 1.23 bits per heavy atom. The van der Waals surface area contributed by atoms with Crippen LogP contribution in [0.3, 0.4) is 0 Å². The quantitative estimate of drug-likeness (QED) is 0.464. The maximum Gasteiger partial charge on any atom is 0.287 e. The normalized spacial score (nSPS) is 11.0. The summed E-state index contributed by atoms with van der Waals surface area (Å²) in [6.07, 6.45) is 0. The van der Waals surface area contributed by atoms with Crippen LogP contribution < -0.4 is 5.32 Å². The van der Waals surface area contributed by atoms with Gasteiger partial charge in [-0.2, -0.15) is 0 Å². The van der Waals surface area contributed by atoms with Crippen LogP contribution in [-0.4, -0.2) is 10.9 Å². The number of carbonyl (C=O) groups excluding carboxylic acids is 1. The van der Waals surface area contributed by atoms with Gasteiger partial charge in [-0.15, -0.1) is 11.3 Å². The lowest BCUT2D eigenvalue weighted by Gasteiger charge is -2.01. The number of fused-ring (bicyclic) bond motifs is 1. The van der Waals surface area contributed by atoms with Crippen molar-refractivity contribution < 1.29 is 9.21 Å². The van der Waals surface area contributed by atoms with Crippen LogP contribution in [0.15, 0.2) is 62.8 Å². The summed E-state index contributed by atoms with van der Waals surface area (Å²) >= 11 is 5.01. The van der Waals surface area contributed by atoms with Gasteiger partial charge in [0.15, 0.2) is 5.76 Å². The average molecular weight is 427 g/mol. The monoisotopic (exact) mass is 426 g/mol. The molecular weight excluding hydrogens is 412 g/mol. The zero-order chi connectivity index (χ0) is 18.1. The van der Waals surface area contributed by atoms with E-state index < -0.39 is 0 Å². The zero-order valence-corrected chi connectivity index (χ0v) is 16.4. The molecule has 6 heteroatoms. The molecule has 0 bridgehead atoms. The number of hydrogen-bond acceptors (Lipinski definition) is 4. The third-order valence-electron chi connectivity index (χ3n) is 4.11. The molecule has 1 amide bonds. The molecule has 26 heavy (non-hydrogen) atoms. The van der Waals surface area contributed by atoms with Crippen LogP contribution in [0.5, 0.6) is 0 Å². The topological polar surface area (TPSA) is 55.1 Å². The predicted molar refractivity (Wildman–Crippen MR) is 107 cm³/mol. The molecule has 0 atom stereocenters. The van der Waals surface area contributed by atoms with Gasteiger partial charge in [-0.25, -0.2) is 4.98 Å². The van der Waals surface area contributed by atoms with Crippen molar-refractivity contribution in [2.45, 2.75) is 13.5 Å². The molecule has 2 aromatic carbocycles. The van der Waals surface area contributed by atoms with Gasteiger partial charge in [0.25, 0.3) is 5.91 Å². The molecule has 4 nitrogen and oxygen atoms in total. The van der Waals surface area contributed by atoms with E-state index in [0.717, 1.165) is 31.7 Å². The van der Waals surface area contributed by atoms with Gasteiger partial charge in [-0.1, -0.05) is 46.3 Å². The van der Waals surface area contributed by atoms with Crippen LogP contribution in [0.4, 0.5) is 0 Å². The standard InChI is InChI=1S/C20H15BrN2O2S/c1-12-16-9-14(21)7-8-17(16)25-18(12)19(24)22-10-15-11-26-20(23-15)13-5-3-2-4-6-13/h2-9,11H,10H2,1H3,(H,22,24). The smallest absolute Gasteiger partial charge is 0.287 e. The highest BCUT2D eigenvalue weighted by atomic mass is 79.9. The fraction of sp³-hybridized carbons (Fsp3) is 0.100. The number of benzene rings is 2. The lowest BCUT2D eigenvalue weighted by atomic mass is 10.1. The fourth-order valence-electron chi connectivity index (χ4n) is 2.76. The molecule has 2 aromatic heterocycles. The number of halogens is 1. The number of aromatic nitrogens is 1. The summed E-state index contributed by atoms with van der Waals surface area (Å²) in [6, 6.07) is 15.7. The molecule has 0 aliphatic heterocycles. The van der Waals surface area contributed by atoms with E-state index in [1.807, 2.05) is 60.8 Å². The van der Waals surface area contributed by atoms with Crippen molar-refractivity contribution in [3.63, 3.8) is 0 Å². The molecule has 2 heterocycles. The Labute approximate surface area is 163 Å². The number of hydrogen-bond donors (Lipinski definition) is 1. The number of thiazole rings is 1. The van der Waals surface area contributed by atoms with Gasteiger partial charge in [-0.3, -0.25) is 4.79 Å². The summed E-state index contributed by atoms with van der Waals surface area (Å²) in [6.45, 7) is 2.26. The van der Waals surface area contributed by atoms with Gasteiger partial charge in [-0.05, 0) is 25.1 Å². The summed E-state index contributed by atoms with van der Waals surface area (Å²) in [5.74, 6) is 0.112. The van der Waals surface area contributed by atoms with Crippen molar-refractivity contribution in [2.24, 2.45) is 0 Å². The molecule has 0 aliphatic rings. The molecule has 0 aliphatic carbocycles. The largest absolute Gasteiger partial charge is 0.451 e. The molecule has 0 fully saturated rings. The summed E-state index contributed by atoms with van der Waals surface area (Å²) in [5.41, 5.74) is 3.45. The molecule has 1 N–H and O–H groups in total. The zero-order valence-electron chi connectivity index (χ0n) is 14.0. The van der Waals surface area contributed by atoms with Gasteiger partial charge in [0.05, 0.1) is 12.2 Å². The first-order valence-electron chi connectivity index (χ1n) is 8.08. The Morgan fingerprint density at radius 3 is 2.85 bits per heavy atom. The maximum atomic E-state index is 12.5. The highest BCUT2D eigenvalue weighted by Crippen LogP contribution is 2.28. The average Bonchev–Trinajstić information content (AvgIpc) is 3.26. The molecule has 4 rings (SSSR count). The minimum atomic E-state index is -0.232. The molecule has 0 radical (unpaired) electrons. The molecule has 4 aromatic rings. The Balaban J connectivity index is 1.49. The lowest BCUT2D eigenvalue weighted by Crippen LogP contribution is -2.23. The summed E-state index contributed by atoms with van der Waals surface area (Å²) in [5, 5.41) is 6.74. The molecule has 0 saturated carbocycles. The minimum Gasteiger partial charge on any atom is -0.451 e. The van der Waals surface area contributed by atoms with Crippen molar-refractivity contribution in [2.75, 3.05) is 0 Å². The summed E-state index contributed by atoms with van der Waals surface area (Å²) in [4.78, 5) is 17.1. The molecule has 130 valence electrons. The summed E-state index contributed by atoms with van der Waals surface area (Å²) < 4.78 is 6.68. The van der Waals surface area contributed by atoms with E-state index in [1.165, 1.54) is 0 Å². The van der Waals surface area contributed by atoms with E-state index >= 15 is 0 Å². The number of nitrogens with zero attached hydrogens (tertiary/aromatic N) is 1. The van der Waals surface area contributed by atoms with Crippen molar-refractivity contribution in [1.82, 2.24) is 10.3 Å². The number of nitrogens with one attached hydrogen (secondary N) is 1. The first-order chi connectivity index (χ1) is 12.6. The molecule has 0 unspecified atom stereocenters. The van der Waals surface area contributed by atoms with E-state index in [-0.39, 0.29) is 5.91 Å². The highest BCUT2D eigenvalue weighted by Gasteiger charge is 2.18. The minimum absolute atomic E-state index is 0.232. The van der Waals surface area contributed by atoms with Crippen molar-refractivity contribution in [3.05, 3.63) is 75.4 Å². The van der Waals surface area contributed by atoms with E-state index in [2.05, 4.69) is 26.2 Å². The second kappa shape index (κ2) is 7.05. The molecule has 0 saturated heterocycles. The van der Waals surface area contributed by atoms with E-state index in [1.54, 1.807) is 11.3 Å². The van der Waals surface area contributed by atoms with Crippen LogP contribution in [0.1, 0.15) is 21.8 Å². The summed E-state index contributed by atoms with van der Waals surface area (Å²) in [7, 11) is 0. The first kappa shape index (κ1) is 17.0. The fourth-order valence-corrected chi connectivity index (χ4v) is 3.95. The Hall–Kier alpha value is -2.44. The lowest BCUT2D eigenvalue weighted by molar-refractivity contribution is 0.0924. The van der Waals surface area contributed by atoms with E-state index in [4.69, 9.17) is 4.42 Å². The Bertz CT molecular complexity index is 1090. The second-order valence-electron chi connectivity index (χ2n) is 5.89. The van der Waals surface area contributed by atoms with Crippen LogP contribution in [0.2, 0.25) is 0 Å². The number of rotatable bonds is 4. The van der Waals surface area contributed by atoms with Crippen LogP contribution in [0, 0.1) is 6.92 Å². The van der Waals surface area contributed by atoms with Crippen LogP contribution in [-0.2, 0) is 6.54 Å². The van der Waals surface area contributed by atoms with Crippen LogP contribution in [0.25, 0.3) is 21.5 Å². The number of furan rings is 1. The predicted octanol–water partition coefficient (Wildman–Crippen LogP) is 5.56. The first-order valence-corrected chi connectivity index (χ1v) is 9.76. The maximum absolute atomic E-state index is 12.5. The van der Waals surface area contributed by atoms with Crippen molar-refractivity contribution >= 4 is 44.1 Å². The van der Waals surface area contributed by atoms with Gasteiger partial charge in [0, 0.05) is 26.4 Å². The van der Waals surface area contributed by atoms with Gasteiger partial charge < -0.3 is 9.73 Å². The third-order valence-corrected chi connectivity index (χ3v) is 5.54. The van der Waals surface area contributed by atoms with E-state index in [9.17, 15) is 4.79 Å². The van der Waals surface area contributed by atoms with Crippen LogP contribution >= 0.6 is 27.3 Å². The second-order valence-corrected chi connectivity index (χ2v) is 7.66. The van der Waals surface area contributed by atoms with Crippen molar-refractivity contribution in [3.8, 4) is 10.6 Å². The van der Waals surface area contributed by atoms with Crippen molar-refractivity contribution in [1.29, 1.82) is 0 Å². The molecule has 0 spiro atoms. The highest BCUT2D eigenvalue weighted by molar-refractivity contribution is 9.10. The van der Waals surface area contributed by atoms with Gasteiger partial charge in [0.1, 0.15) is 10.6 Å². The van der Waals surface area contributed by atoms with Gasteiger partial charge in [0.2, 0.25) is 0 Å². The SMILES string of the molecule is Cc1c(C(=O)NCc2csc(-c3ccccc3)n2)oc2ccc(Br)cc12. The molecular formula is C20H15BrN2O2S. The third kappa shape index (κ3) is 3.30.